The Labute approximate surface area is 173 Å². The summed E-state index contributed by atoms with van der Waals surface area (Å²) in [5.41, 5.74) is 0.602. The highest BCUT2D eigenvalue weighted by Gasteiger charge is 2.41. The van der Waals surface area contributed by atoms with Crippen LogP contribution in [0.25, 0.3) is 0 Å². The van der Waals surface area contributed by atoms with E-state index < -0.39 is 0 Å². The molecule has 1 aromatic heterocycles. The molecule has 1 aliphatic carbocycles. The van der Waals surface area contributed by atoms with Gasteiger partial charge in [0, 0.05) is 53.6 Å². The van der Waals surface area contributed by atoms with Crippen molar-refractivity contribution in [2.24, 2.45) is 4.99 Å². The summed E-state index contributed by atoms with van der Waals surface area (Å²) >= 11 is 7.84. The Morgan fingerprint density at radius 3 is 2.92 bits per heavy atom. The summed E-state index contributed by atoms with van der Waals surface area (Å²) in [6.07, 6.45) is 3.60. The Balaban J connectivity index is 0.00000225. The summed E-state index contributed by atoms with van der Waals surface area (Å²) in [6, 6.07) is 4.98. The number of aliphatic imine (C=N–C) groups is 1. The molecule has 1 fully saturated rings. The number of aromatic nitrogens is 1. The smallest absolute Gasteiger partial charge is 0.191 e. The first-order chi connectivity index (χ1) is 11.6. The number of nitrogens with zero attached hydrogens (tertiary/aromatic N) is 2. The van der Waals surface area contributed by atoms with Gasteiger partial charge in [-0.2, -0.15) is 0 Å². The Hall–Kier alpha value is -0.930. The van der Waals surface area contributed by atoms with Gasteiger partial charge >= 0.3 is 0 Å². The minimum Gasteiger partial charge on any atom is -0.356 e. The molecule has 1 aliphatic rings. The Kier molecular flexibility index (Phi) is 7.45. The maximum atomic E-state index is 14.0. The molecule has 2 aromatic rings. The third kappa shape index (κ3) is 5.27. The number of thiazole rings is 1. The van der Waals surface area contributed by atoms with E-state index in [-0.39, 0.29) is 41.8 Å². The number of rotatable bonds is 5. The molecule has 2 N–H and O–H groups in total. The Bertz CT molecular complexity index is 732. The molecule has 2 unspecified atom stereocenters. The molecule has 0 saturated heterocycles. The maximum Gasteiger partial charge on any atom is 0.191 e. The van der Waals surface area contributed by atoms with Gasteiger partial charge < -0.3 is 10.6 Å². The van der Waals surface area contributed by atoms with E-state index in [0.717, 1.165) is 30.4 Å². The summed E-state index contributed by atoms with van der Waals surface area (Å²) in [5.74, 6) is 0.584. The van der Waals surface area contributed by atoms with Gasteiger partial charge in [-0.1, -0.05) is 17.7 Å². The highest BCUT2D eigenvalue weighted by atomic mass is 127. The van der Waals surface area contributed by atoms with Crippen LogP contribution in [0.4, 0.5) is 4.39 Å². The highest BCUT2D eigenvalue weighted by molar-refractivity contribution is 14.0. The predicted octanol–water partition coefficient (Wildman–Crippen LogP) is 4.13. The van der Waals surface area contributed by atoms with Gasteiger partial charge in [-0.3, -0.25) is 4.99 Å². The average molecular weight is 495 g/mol. The van der Waals surface area contributed by atoms with E-state index in [1.807, 2.05) is 6.20 Å². The topological polar surface area (TPSA) is 49.3 Å². The van der Waals surface area contributed by atoms with E-state index in [1.54, 1.807) is 30.5 Å². The van der Waals surface area contributed by atoms with Crippen LogP contribution in [0.5, 0.6) is 0 Å². The van der Waals surface area contributed by atoms with E-state index in [2.05, 4.69) is 27.5 Å². The third-order valence-corrected chi connectivity index (χ3v) is 5.31. The van der Waals surface area contributed by atoms with Crippen molar-refractivity contribution < 1.29 is 4.39 Å². The van der Waals surface area contributed by atoms with Crippen LogP contribution in [0, 0.1) is 12.7 Å². The lowest BCUT2D eigenvalue weighted by Gasteiger charge is -2.12. The number of nitrogens with one attached hydrogen (secondary N) is 2. The van der Waals surface area contributed by atoms with Crippen molar-refractivity contribution in [2.75, 3.05) is 13.6 Å². The summed E-state index contributed by atoms with van der Waals surface area (Å²) in [5, 5.41) is 8.21. The number of halogens is 3. The fraction of sp³-hybridized carbons (Fsp3) is 0.412. The second-order valence-electron chi connectivity index (χ2n) is 5.84. The van der Waals surface area contributed by atoms with Gasteiger partial charge in [0.2, 0.25) is 0 Å². The first kappa shape index (κ1) is 20.4. The van der Waals surface area contributed by atoms with Crippen LogP contribution in [0.3, 0.4) is 0 Å². The number of hydrogen-bond donors (Lipinski definition) is 2. The molecule has 8 heteroatoms. The minimum absolute atomic E-state index is 0. The largest absolute Gasteiger partial charge is 0.356 e. The minimum atomic E-state index is -0.237. The fourth-order valence-corrected chi connectivity index (χ4v) is 3.80. The average Bonchev–Trinajstić information content (AvgIpc) is 3.17. The van der Waals surface area contributed by atoms with Crippen molar-refractivity contribution >= 4 is 52.9 Å². The SMILES string of the molecule is CN=C(NCCc1ncc(C)s1)NC1CC1c1c(F)cccc1Cl.I. The zero-order valence-corrected chi connectivity index (χ0v) is 18.0. The fourth-order valence-electron chi connectivity index (χ4n) is 2.71. The summed E-state index contributed by atoms with van der Waals surface area (Å²) in [6.45, 7) is 2.81. The van der Waals surface area contributed by atoms with E-state index in [9.17, 15) is 4.39 Å². The quantitative estimate of drug-likeness (QED) is 0.373. The monoisotopic (exact) mass is 494 g/mol. The van der Waals surface area contributed by atoms with Crippen molar-refractivity contribution in [3.8, 4) is 0 Å². The van der Waals surface area contributed by atoms with Gasteiger partial charge in [-0.05, 0) is 25.5 Å². The third-order valence-electron chi connectivity index (χ3n) is 4.01. The maximum absolute atomic E-state index is 14.0. The number of benzene rings is 1. The molecule has 2 atom stereocenters. The molecule has 4 nitrogen and oxygen atoms in total. The van der Waals surface area contributed by atoms with Crippen LogP contribution in [0.15, 0.2) is 29.4 Å². The number of hydrogen-bond acceptors (Lipinski definition) is 3. The molecule has 1 heterocycles. The van der Waals surface area contributed by atoms with E-state index in [0.29, 0.717) is 10.6 Å². The van der Waals surface area contributed by atoms with Crippen molar-refractivity contribution in [1.29, 1.82) is 0 Å². The zero-order valence-electron chi connectivity index (χ0n) is 14.1. The van der Waals surface area contributed by atoms with Gasteiger partial charge in [0.15, 0.2) is 5.96 Å². The summed E-state index contributed by atoms with van der Waals surface area (Å²) < 4.78 is 14.0. The molecular formula is C17H21ClFIN4S. The van der Waals surface area contributed by atoms with Gasteiger partial charge in [-0.25, -0.2) is 9.37 Å². The van der Waals surface area contributed by atoms with E-state index in [1.165, 1.54) is 10.9 Å². The summed E-state index contributed by atoms with van der Waals surface area (Å²) in [4.78, 5) is 9.79. The van der Waals surface area contributed by atoms with Crippen molar-refractivity contribution in [1.82, 2.24) is 15.6 Å². The molecule has 0 spiro atoms. The molecule has 3 rings (SSSR count). The lowest BCUT2D eigenvalue weighted by atomic mass is 10.1. The predicted molar refractivity (Wildman–Crippen MR) is 113 cm³/mol. The highest BCUT2D eigenvalue weighted by Crippen LogP contribution is 2.44. The zero-order chi connectivity index (χ0) is 17.1. The summed E-state index contributed by atoms with van der Waals surface area (Å²) in [7, 11) is 1.73. The molecule has 0 radical (unpaired) electrons. The molecule has 25 heavy (non-hydrogen) atoms. The molecule has 1 saturated carbocycles. The van der Waals surface area contributed by atoms with Crippen molar-refractivity contribution in [3.05, 3.63) is 50.7 Å². The van der Waals surface area contributed by atoms with Crippen LogP contribution in [0.1, 0.15) is 27.8 Å². The van der Waals surface area contributed by atoms with Gasteiger partial charge in [0.25, 0.3) is 0 Å². The molecule has 1 aromatic carbocycles. The van der Waals surface area contributed by atoms with Crippen LogP contribution >= 0.6 is 46.9 Å². The Morgan fingerprint density at radius 2 is 2.28 bits per heavy atom. The molecular weight excluding hydrogens is 474 g/mol. The van der Waals surface area contributed by atoms with Gasteiger partial charge in [-0.15, -0.1) is 35.3 Å². The second kappa shape index (κ2) is 9.14. The normalized spacial score (nSPS) is 19.3. The molecule has 0 aliphatic heterocycles. The van der Waals surface area contributed by atoms with Crippen molar-refractivity contribution in [2.45, 2.75) is 31.7 Å². The molecule has 136 valence electrons. The van der Waals surface area contributed by atoms with E-state index >= 15 is 0 Å². The second-order valence-corrected chi connectivity index (χ2v) is 7.57. The lowest BCUT2D eigenvalue weighted by Crippen LogP contribution is -2.40. The Morgan fingerprint density at radius 1 is 1.48 bits per heavy atom. The van der Waals surface area contributed by atoms with Crippen LogP contribution in [-0.4, -0.2) is 30.6 Å². The molecule has 0 bridgehead atoms. The van der Waals surface area contributed by atoms with Gasteiger partial charge in [0.05, 0.1) is 5.01 Å². The first-order valence-electron chi connectivity index (χ1n) is 7.91. The van der Waals surface area contributed by atoms with Crippen molar-refractivity contribution in [3.63, 3.8) is 0 Å². The van der Waals surface area contributed by atoms with Gasteiger partial charge in [0.1, 0.15) is 5.82 Å². The first-order valence-corrected chi connectivity index (χ1v) is 9.10. The number of aryl methyl sites for hydroxylation is 1. The van der Waals surface area contributed by atoms with E-state index in [4.69, 9.17) is 11.6 Å². The molecule has 0 amide bonds. The number of guanidine groups is 1. The van der Waals surface area contributed by atoms with Crippen LogP contribution in [-0.2, 0) is 6.42 Å². The standard InChI is InChI=1S/C17H20ClFN4S.HI/c1-10-9-22-15(24-10)6-7-21-17(20-2)23-14-8-11(14)16-12(18)4-3-5-13(16)19;/h3-5,9,11,14H,6-8H2,1-2H3,(H2,20,21,23);1H. The van der Waals surface area contributed by atoms with Crippen LogP contribution < -0.4 is 10.6 Å². The lowest BCUT2D eigenvalue weighted by molar-refractivity contribution is 0.608. The van der Waals surface area contributed by atoms with Crippen LogP contribution in [0.2, 0.25) is 5.02 Å².